The van der Waals surface area contributed by atoms with Crippen LogP contribution >= 0.6 is 0 Å². The Kier molecular flexibility index (Phi) is 3.39. The summed E-state index contributed by atoms with van der Waals surface area (Å²) in [6, 6.07) is 10.6. The molecule has 1 aromatic carbocycles. The second kappa shape index (κ2) is 5.14. The molecule has 0 aliphatic carbocycles. The van der Waals surface area contributed by atoms with Crippen LogP contribution in [0.25, 0.3) is 0 Å². The molecule has 0 bridgehead atoms. The molecular weight excluding hydrogens is 242 g/mol. The molecule has 5 N–H and O–H groups in total. The summed E-state index contributed by atoms with van der Waals surface area (Å²) in [6.45, 7) is 0. The van der Waals surface area contributed by atoms with Gasteiger partial charge < -0.3 is 21.5 Å². The average molecular weight is 255 g/mol. The minimum absolute atomic E-state index is 0.235. The number of hydrogen-bond acceptors (Lipinski definition) is 6. The van der Waals surface area contributed by atoms with Crippen LogP contribution in [0, 0.1) is 11.3 Å². The number of methoxy groups -OCH3 is 1. The molecule has 96 valence electrons. The molecule has 6 heteroatoms. The SMILES string of the molecule is COc1cccc(C#N)c1Nc1ccc(N)c(N)n1. The summed E-state index contributed by atoms with van der Waals surface area (Å²) < 4.78 is 5.22. The van der Waals surface area contributed by atoms with Gasteiger partial charge in [0.25, 0.3) is 0 Å². The lowest BCUT2D eigenvalue weighted by molar-refractivity contribution is 0.416. The lowest BCUT2D eigenvalue weighted by Gasteiger charge is -2.12. The third-order valence-electron chi connectivity index (χ3n) is 2.58. The fraction of sp³-hybridized carbons (Fsp3) is 0.0769. The molecule has 0 saturated heterocycles. The highest BCUT2D eigenvalue weighted by Crippen LogP contribution is 2.30. The van der Waals surface area contributed by atoms with Gasteiger partial charge in [-0.3, -0.25) is 0 Å². The first-order valence-electron chi connectivity index (χ1n) is 5.52. The lowest BCUT2D eigenvalue weighted by Crippen LogP contribution is -2.03. The zero-order valence-corrected chi connectivity index (χ0v) is 10.3. The normalized spacial score (nSPS) is 9.68. The highest BCUT2D eigenvalue weighted by Gasteiger charge is 2.10. The van der Waals surface area contributed by atoms with Gasteiger partial charge in [0.1, 0.15) is 29.1 Å². The maximum absolute atomic E-state index is 9.10. The molecule has 0 fully saturated rings. The Bertz CT molecular complexity index is 648. The van der Waals surface area contributed by atoms with Crippen LogP contribution in [0.4, 0.5) is 23.0 Å². The predicted molar refractivity (Wildman–Crippen MR) is 74.1 cm³/mol. The van der Waals surface area contributed by atoms with E-state index in [-0.39, 0.29) is 5.82 Å². The summed E-state index contributed by atoms with van der Waals surface area (Å²) in [5.74, 6) is 1.28. The molecule has 0 amide bonds. The third kappa shape index (κ3) is 2.50. The Balaban J connectivity index is 2.42. The number of nitrogen functional groups attached to an aromatic ring is 2. The van der Waals surface area contributed by atoms with E-state index in [4.69, 9.17) is 21.5 Å². The van der Waals surface area contributed by atoms with Crippen molar-refractivity contribution in [2.45, 2.75) is 0 Å². The molecule has 0 aliphatic rings. The number of nitrogens with two attached hydrogens (primary N) is 2. The van der Waals surface area contributed by atoms with Crippen LogP contribution in [0.5, 0.6) is 5.75 Å². The van der Waals surface area contributed by atoms with E-state index >= 15 is 0 Å². The van der Waals surface area contributed by atoms with Crippen molar-refractivity contribution in [1.29, 1.82) is 5.26 Å². The van der Waals surface area contributed by atoms with Crippen LogP contribution in [0.3, 0.4) is 0 Å². The number of ether oxygens (including phenoxy) is 1. The number of rotatable bonds is 3. The van der Waals surface area contributed by atoms with Crippen molar-refractivity contribution in [3.8, 4) is 11.8 Å². The molecular formula is C13H13N5O. The van der Waals surface area contributed by atoms with E-state index in [1.165, 1.54) is 7.11 Å². The summed E-state index contributed by atoms with van der Waals surface area (Å²) in [5, 5.41) is 12.1. The van der Waals surface area contributed by atoms with Gasteiger partial charge in [-0.25, -0.2) is 4.98 Å². The van der Waals surface area contributed by atoms with E-state index in [0.717, 1.165) is 0 Å². The summed E-state index contributed by atoms with van der Waals surface area (Å²) in [4.78, 5) is 4.10. The first-order chi connectivity index (χ1) is 9.15. The summed E-state index contributed by atoms with van der Waals surface area (Å²) in [5.41, 5.74) is 12.7. The predicted octanol–water partition coefficient (Wildman–Crippen LogP) is 1.87. The van der Waals surface area contributed by atoms with Crippen molar-refractivity contribution in [3.63, 3.8) is 0 Å². The van der Waals surface area contributed by atoms with Crippen molar-refractivity contribution in [1.82, 2.24) is 4.98 Å². The number of pyridine rings is 1. The van der Waals surface area contributed by atoms with E-state index in [9.17, 15) is 0 Å². The molecule has 1 heterocycles. The molecule has 0 spiro atoms. The number of aromatic nitrogens is 1. The standard InChI is InChI=1S/C13H13N5O/c1-19-10-4-2-3-8(7-14)12(10)17-11-6-5-9(15)13(16)18-11/h2-6H,15H2,1H3,(H3,16,17,18). The van der Waals surface area contributed by atoms with E-state index < -0.39 is 0 Å². The molecule has 2 aromatic rings. The van der Waals surface area contributed by atoms with Crippen molar-refractivity contribution in [3.05, 3.63) is 35.9 Å². The maximum Gasteiger partial charge on any atom is 0.149 e. The Morgan fingerprint density at radius 1 is 1.26 bits per heavy atom. The van der Waals surface area contributed by atoms with Crippen LogP contribution in [0.2, 0.25) is 0 Å². The summed E-state index contributed by atoms with van der Waals surface area (Å²) in [6.07, 6.45) is 0. The van der Waals surface area contributed by atoms with Crippen LogP contribution in [-0.4, -0.2) is 12.1 Å². The zero-order chi connectivity index (χ0) is 13.8. The minimum atomic E-state index is 0.235. The van der Waals surface area contributed by atoms with E-state index in [2.05, 4.69) is 16.4 Å². The van der Waals surface area contributed by atoms with Gasteiger partial charge in [0.15, 0.2) is 0 Å². The van der Waals surface area contributed by atoms with Crippen molar-refractivity contribution < 1.29 is 4.74 Å². The highest BCUT2D eigenvalue weighted by molar-refractivity contribution is 5.73. The van der Waals surface area contributed by atoms with Gasteiger partial charge in [-0.05, 0) is 24.3 Å². The topological polar surface area (TPSA) is 110 Å². The van der Waals surface area contributed by atoms with Crippen molar-refractivity contribution in [2.75, 3.05) is 23.9 Å². The molecule has 0 unspecified atom stereocenters. The number of nitrogens with one attached hydrogen (secondary N) is 1. The first kappa shape index (κ1) is 12.5. The molecule has 6 nitrogen and oxygen atoms in total. The lowest BCUT2D eigenvalue weighted by atomic mass is 10.1. The highest BCUT2D eigenvalue weighted by atomic mass is 16.5. The van der Waals surface area contributed by atoms with Crippen LogP contribution < -0.4 is 21.5 Å². The van der Waals surface area contributed by atoms with Crippen molar-refractivity contribution >= 4 is 23.0 Å². The quantitative estimate of drug-likeness (QED) is 0.772. The largest absolute Gasteiger partial charge is 0.495 e. The number of benzene rings is 1. The van der Waals surface area contributed by atoms with Gasteiger partial charge in [-0.1, -0.05) is 6.07 Å². The molecule has 0 aliphatic heterocycles. The van der Waals surface area contributed by atoms with Crippen LogP contribution in [0.1, 0.15) is 5.56 Å². The molecule has 19 heavy (non-hydrogen) atoms. The Labute approximate surface area is 110 Å². The Morgan fingerprint density at radius 2 is 2.05 bits per heavy atom. The fourth-order valence-corrected chi connectivity index (χ4v) is 1.61. The number of anilines is 4. The van der Waals surface area contributed by atoms with Gasteiger partial charge in [0.05, 0.1) is 18.4 Å². The van der Waals surface area contributed by atoms with Crippen LogP contribution in [-0.2, 0) is 0 Å². The number of para-hydroxylation sites is 1. The Hall–Kier alpha value is -2.94. The number of nitriles is 1. The monoisotopic (exact) mass is 255 g/mol. The van der Waals surface area contributed by atoms with Gasteiger partial charge in [-0.15, -0.1) is 0 Å². The molecule has 0 radical (unpaired) electrons. The maximum atomic E-state index is 9.10. The molecule has 2 rings (SSSR count). The second-order valence-corrected chi connectivity index (χ2v) is 3.79. The second-order valence-electron chi connectivity index (χ2n) is 3.79. The van der Waals surface area contributed by atoms with E-state index in [0.29, 0.717) is 28.5 Å². The van der Waals surface area contributed by atoms with Crippen LogP contribution in [0.15, 0.2) is 30.3 Å². The smallest absolute Gasteiger partial charge is 0.149 e. The first-order valence-corrected chi connectivity index (χ1v) is 5.52. The molecule has 1 aromatic heterocycles. The van der Waals surface area contributed by atoms with Gasteiger partial charge >= 0.3 is 0 Å². The third-order valence-corrected chi connectivity index (χ3v) is 2.58. The van der Waals surface area contributed by atoms with E-state index in [1.54, 1.807) is 30.3 Å². The summed E-state index contributed by atoms with van der Waals surface area (Å²) >= 11 is 0. The zero-order valence-electron chi connectivity index (χ0n) is 10.3. The molecule has 0 saturated carbocycles. The average Bonchev–Trinajstić information content (AvgIpc) is 2.43. The summed E-state index contributed by atoms with van der Waals surface area (Å²) in [7, 11) is 1.53. The van der Waals surface area contributed by atoms with E-state index in [1.807, 2.05) is 0 Å². The molecule has 0 atom stereocenters. The van der Waals surface area contributed by atoms with Crippen molar-refractivity contribution in [2.24, 2.45) is 0 Å². The fourth-order valence-electron chi connectivity index (χ4n) is 1.61. The Morgan fingerprint density at radius 3 is 2.68 bits per heavy atom. The minimum Gasteiger partial charge on any atom is -0.495 e. The van der Waals surface area contributed by atoms with Gasteiger partial charge in [-0.2, -0.15) is 5.26 Å². The van der Waals surface area contributed by atoms with Gasteiger partial charge in [0.2, 0.25) is 0 Å². The number of nitrogens with zero attached hydrogens (tertiary/aromatic N) is 2. The number of hydrogen-bond donors (Lipinski definition) is 3. The van der Waals surface area contributed by atoms with Gasteiger partial charge in [0, 0.05) is 0 Å².